The highest BCUT2D eigenvalue weighted by Crippen LogP contribution is 2.22. The fourth-order valence-corrected chi connectivity index (χ4v) is 4.53. The van der Waals surface area contributed by atoms with Crippen LogP contribution in [0.1, 0.15) is 5.69 Å². The van der Waals surface area contributed by atoms with E-state index in [9.17, 15) is 13.2 Å². The van der Waals surface area contributed by atoms with Crippen molar-refractivity contribution in [3.63, 3.8) is 0 Å². The minimum absolute atomic E-state index is 0.0461. The number of carbonyl (C=O) groups is 1. The molecule has 0 spiro atoms. The fraction of sp³-hybridized carbons (Fsp3) is 0.0833. The minimum Gasteiger partial charge on any atom is -0.383 e. The highest BCUT2D eigenvalue weighted by molar-refractivity contribution is 7.92. The summed E-state index contributed by atoms with van der Waals surface area (Å²) in [6, 6.07) is 18.0. The van der Waals surface area contributed by atoms with Gasteiger partial charge in [-0.3, -0.25) is 9.52 Å². The number of nitrogens with one attached hydrogen (secondary N) is 1. The molecule has 10 nitrogen and oxygen atoms in total. The van der Waals surface area contributed by atoms with Crippen molar-refractivity contribution in [3.8, 4) is 0 Å². The number of aldehydes is 1. The maximum Gasteiger partial charge on any atom is 0.263 e. The average Bonchev–Trinajstić information content (AvgIpc) is 2.87. The molecule has 0 atom stereocenters. The lowest BCUT2D eigenvalue weighted by Crippen LogP contribution is -2.13. The molecule has 0 aliphatic rings. The van der Waals surface area contributed by atoms with Crippen molar-refractivity contribution >= 4 is 56.6 Å². The molecular weight excluding hydrogens is 498 g/mol. The minimum atomic E-state index is -3.82. The van der Waals surface area contributed by atoms with Gasteiger partial charge in [0.1, 0.15) is 11.5 Å². The van der Waals surface area contributed by atoms with Crippen LogP contribution in [0.15, 0.2) is 94.4 Å². The number of sulfonamides is 1. The van der Waals surface area contributed by atoms with Crippen molar-refractivity contribution in [2.75, 3.05) is 18.8 Å². The molecule has 0 aliphatic carbocycles. The van der Waals surface area contributed by atoms with Gasteiger partial charge >= 0.3 is 0 Å². The second-order valence-electron chi connectivity index (χ2n) is 7.74. The van der Waals surface area contributed by atoms with E-state index in [1.807, 2.05) is 12.1 Å². The van der Waals surface area contributed by atoms with Gasteiger partial charge in [-0.15, -0.1) is 5.11 Å². The number of benzene rings is 2. The van der Waals surface area contributed by atoms with E-state index in [0.29, 0.717) is 34.3 Å². The number of rotatable bonds is 8. The first-order valence-corrected chi connectivity index (χ1v) is 12.5. The molecular formula is C24H21N7O3S2. The van der Waals surface area contributed by atoms with Gasteiger partial charge in [-0.25, -0.2) is 18.4 Å². The van der Waals surface area contributed by atoms with E-state index in [2.05, 4.69) is 25.0 Å². The van der Waals surface area contributed by atoms with Crippen molar-refractivity contribution in [2.24, 2.45) is 10.3 Å². The molecule has 12 heteroatoms. The molecule has 1 N–H and O–H groups in total. The van der Waals surface area contributed by atoms with E-state index < -0.39 is 10.0 Å². The monoisotopic (exact) mass is 519 g/mol. The van der Waals surface area contributed by atoms with Crippen LogP contribution in [0.5, 0.6) is 0 Å². The Labute approximate surface area is 212 Å². The molecule has 36 heavy (non-hydrogen) atoms. The number of hydrogen-bond acceptors (Lipinski definition) is 9. The van der Waals surface area contributed by atoms with Gasteiger partial charge in [0, 0.05) is 26.5 Å². The Morgan fingerprint density at radius 2 is 1.78 bits per heavy atom. The van der Waals surface area contributed by atoms with Gasteiger partial charge in [-0.2, -0.15) is 4.68 Å². The second kappa shape index (κ2) is 10.5. The maximum atomic E-state index is 12.6. The normalized spacial score (nSPS) is 12.1. The van der Waals surface area contributed by atoms with Crippen LogP contribution < -0.4 is 4.72 Å². The molecule has 0 fully saturated rings. The van der Waals surface area contributed by atoms with E-state index in [-0.39, 0.29) is 15.4 Å². The van der Waals surface area contributed by atoms with Crippen LogP contribution in [0.4, 0.5) is 11.5 Å². The summed E-state index contributed by atoms with van der Waals surface area (Å²) < 4.78 is 29.3. The number of nitrogens with zero attached hydrogens (tertiary/aromatic N) is 6. The van der Waals surface area contributed by atoms with E-state index in [0.717, 1.165) is 0 Å². The van der Waals surface area contributed by atoms with E-state index in [1.165, 1.54) is 35.1 Å². The van der Waals surface area contributed by atoms with Crippen molar-refractivity contribution < 1.29 is 13.2 Å². The average molecular weight is 520 g/mol. The summed E-state index contributed by atoms with van der Waals surface area (Å²) in [4.78, 5) is 22.0. The summed E-state index contributed by atoms with van der Waals surface area (Å²) >= 11 is 5.60. The standard InChI is InChI=1S/C24H21N7O3S2/c1-30(2)15-17(16-32)23-24(35)31(21-8-4-3-7-20(21)26-23)29-27-18-10-12-19(13-11-18)36(33,34)28-22-9-5-6-14-25-22/h3-16H,1-2H3,(H,25,28)/b17-15+,29-27?. The maximum absolute atomic E-state index is 12.6. The Kier molecular flexibility index (Phi) is 7.27. The summed E-state index contributed by atoms with van der Waals surface area (Å²) in [5, 5.41) is 8.52. The van der Waals surface area contributed by atoms with Gasteiger partial charge in [0.25, 0.3) is 10.0 Å². The predicted molar refractivity (Wildman–Crippen MR) is 140 cm³/mol. The molecule has 0 aliphatic heterocycles. The molecule has 2 heterocycles. The molecule has 2 aromatic carbocycles. The van der Waals surface area contributed by atoms with Gasteiger partial charge in [-0.1, -0.05) is 35.6 Å². The Morgan fingerprint density at radius 1 is 1.06 bits per heavy atom. The van der Waals surface area contributed by atoms with Gasteiger partial charge in [-0.05, 0) is 48.5 Å². The summed E-state index contributed by atoms with van der Waals surface area (Å²) in [7, 11) is -0.241. The topological polar surface area (TPSA) is 122 Å². The zero-order chi connectivity index (χ0) is 25.7. The molecule has 2 aromatic heterocycles. The smallest absolute Gasteiger partial charge is 0.263 e. The number of carbonyl (C=O) groups excluding carboxylic acids is 1. The second-order valence-corrected chi connectivity index (χ2v) is 9.80. The fourth-order valence-electron chi connectivity index (χ4n) is 3.23. The van der Waals surface area contributed by atoms with E-state index in [1.54, 1.807) is 55.5 Å². The molecule has 4 rings (SSSR count). The number of anilines is 1. The molecule has 182 valence electrons. The summed E-state index contributed by atoms with van der Waals surface area (Å²) in [6.45, 7) is 0. The molecule has 0 unspecified atom stereocenters. The van der Waals surface area contributed by atoms with E-state index in [4.69, 9.17) is 12.2 Å². The molecule has 0 saturated heterocycles. The highest BCUT2D eigenvalue weighted by Gasteiger charge is 2.15. The third-order valence-corrected chi connectivity index (χ3v) is 6.57. The summed E-state index contributed by atoms with van der Waals surface area (Å²) in [6.07, 6.45) is 3.81. The molecule has 0 saturated carbocycles. The number of allylic oxidation sites excluding steroid dienone is 1. The van der Waals surface area contributed by atoms with Crippen molar-refractivity contribution in [1.29, 1.82) is 0 Å². The number of fused-ring (bicyclic) bond motifs is 1. The first-order chi connectivity index (χ1) is 17.3. The van der Waals surface area contributed by atoms with Crippen molar-refractivity contribution in [2.45, 2.75) is 4.90 Å². The van der Waals surface area contributed by atoms with Gasteiger partial charge in [0.15, 0.2) is 10.9 Å². The van der Waals surface area contributed by atoms with Crippen LogP contribution in [-0.4, -0.2) is 48.3 Å². The quantitative estimate of drug-likeness (QED) is 0.156. The Morgan fingerprint density at radius 3 is 2.44 bits per heavy atom. The van der Waals surface area contributed by atoms with Crippen LogP contribution in [0.3, 0.4) is 0 Å². The molecule has 4 aromatic rings. The van der Waals surface area contributed by atoms with Crippen molar-refractivity contribution in [1.82, 2.24) is 19.5 Å². The van der Waals surface area contributed by atoms with Crippen LogP contribution in [0.25, 0.3) is 16.6 Å². The Bertz CT molecular complexity index is 1630. The third kappa shape index (κ3) is 5.50. The van der Waals surface area contributed by atoms with Crippen LogP contribution in [0, 0.1) is 4.64 Å². The van der Waals surface area contributed by atoms with Crippen LogP contribution in [0.2, 0.25) is 0 Å². The predicted octanol–water partition coefficient (Wildman–Crippen LogP) is 4.61. The van der Waals surface area contributed by atoms with Crippen molar-refractivity contribution in [3.05, 3.63) is 89.5 Å². The molecule has 0 bridgehead atoms. The van der Waals surface area contributed by atoms with E-state index >= 15 is 0 Å². The Hall–Kier alpha value is -4.29. The summed E-state index contributed by atoms with van der Waals surface area (Å²) in [5.74, 6) is 0.217. The number of aromatic nitrogens is 3. The summed E-state index contributed by atoms with van der Waals surface area (Å²) in [5.41, 5.74) is 2.18. The lowest BCUT2D eigenvalue weighted by molar-refractivity contribution is -0.103. The molecule has 0 amide bonds. The zero-order valence-corrected chi connectivity index (χ0v) is 20.9. The zero-order valence-electron chi connectivity index (χ0n) is 19.3. The lowest BCUT2D eigenvalue weighted by atomic mass is 10.2. The van der Waals surface area contributed by atoms with Gasteiger partial charge < -0.3 is 4.90 Å². The lowest BCUT2D eigenvalue weighted by Gasteiger charge is -2.11. The Balaban J connectivity index is 1.69. The van der Waals surface area contributed by atoms with Crippen LogP contribution >= 0.6 is 12.2 Å². The number of para-hydroxylation sites is 2. The largest absolute Gasteiger partial charge is 0.383 e. The van der Waals surface area contributed by atoms with Gasteiger partial charge in [0.2, 0.25) is 0 Å². The first kappa shape index (κ1) is 24.8. The van der Waals surface area contributed by atoms with Gasteiger partial charge in [0.05, 0.1) is 27.2 Å². The third-order valence-electron chi connectivity index (χ3n) is 4.84. The SMILES string of the molecule is CN(C)/C=C(\C=O)c1nc2ccccc2n(N=Nc2ccc(S(=O)(=O)Nc3ccccn3)cc2)c1=S. The molecule has 0 radical (unpaired) electrons. The number of pyridine rings is 1. The van der Waals surface area contributed by atoms with Crippen LogP contribution in [-0.2, 0) is 14.8 Å². The first-order valence-electron chi connectivity index (χ1n) is 10.6. The highest BCUT2D eigenvalue weighted by atomic mass is 32.2. The number of hydrogen-bond donors (Lipinski definition) is 1.